The van der Waals surface area contributed by atoms with E-state index in [1.807, 2.05) is 6.92 Å². The standard InChI is InChI=1S/C12H12ClN3O2/c1-2-10-15-11(17)6-12(16-10)18-7-3-4-9(14)8(13)5-7/h3-6H,2,14H2,1H3,(H,15,16,17). The van der Waals surface area contributed by atoms with E-state index in [0.717, 1.165) is 0 Å². The molecule has 18 heavy (non-hydrogen) atoms. The second kappa shape index (κ2) is 5.10. The molecule has 0 aliphatic carbocycles. The number of benzene rings is 1. The van der Waals surface area contributed by atoms with Crippen molar-refractivity contribution in [3.63, 3.8) is 0 Å². The third-order valence-electron chi connectivity index (χ3n) is 2.30. The Balaban J connectivity index is 2.30. The highest BCUT2D eigenvalue weighted by Crippen LogP contribution is 2.26. The van der Waals surface area contributed by atoms with Crippen LogP contribution < -0.4 is 16.0 Å². The molecule has 0 fully saturated rings. The predicted molar refractivity (Wildman–Crippen MR) is 70.2 cm³/mol. The van der Waals surface area contributed by atoms with Crippen LogP contribution in [-0.2, 0) is 6.42 Å². The number of aromatic nitrogens is 2. The van der Waals surface area contributed by atoms with Crippen molar-refractivity contribution in [3.05, 3.63) is 45.5 Å². The van der Waals surface area contributed by atoms with Gasteiger partial charge in [-0.2, -0.15) is 4.98 Å². The van der Waals surface area contributed by atoms with Crippen LogP contribution in [0.1, 0.15) is 12.7 Å². The van der Waals surface area contributed by atoms with Gasteiger partial charge in [0.15, 0.2) is 0 Å². The summed E-state index contributed by atoms with van der Waals surface area (Å²) in [5, 5.41) is 0.396. The molecule has 3 N–H and O–H groups in total. The molecule has 0 saturated heterocycles. The number of hydrogen-bond acceptors (Lipinski definition) is 4. The van der Waals surface area contributed by atoms with E-state index in [0.29, 0.717) is 28.7 Å². The van der Waals surface area contributed by atoms with E-state index < -0.39 is 0 Å². The molecular weight excluding hydrogens is 254 g/mol. The summed E-state index contributed by atoms with van der Waals surface area (Å²) in [4.78, 5) is 18.1. The highest BCUT2D eigenvalue weighted by atomic mass is 35.5. The average Bonchev–Trinajstić information content (AvgIpc) is 2.33. The Morgan fingerprint density at radius 2 is 2.22 bits per heavy atom. The molecule has 0 atom stereocenters. The van der Waals surface area contributed by atoms with Gasteiger partial charge in [0.2, 0.25) is 5.88 Å². The molecule has 2 aromatic rings. The minimum atomic E-state index is -0.251. The largest absolute Gasteiger partial charge is 0.439 e. The van der Waals surface area contributed by atoms with Gasteiger partial charge in [0, 0.05) is 12.5 Å². The Labute approximate surface area is 109 Å². The van der Waals surface area contributed by atoms with E-state index in [1.165, 1.54) is 6.07 Å². The number of aromatic amines is 1. The van der Waals surface area contributed by atoms with E-state index in [2.05, 4.69) is 9.97 Å². The number of ether oxygens (including phenoxy) is 1. The number of aryl methyl sites for hydroxylation is 1. The first-order chi connectivity index (χ1) is 8.58. The predicted octanol–water partition coefficient (Wildman–Crippen LogP) is 2.36. The topological polar surface area (TPSA) is 81.0 Å². The fourth-order valence-corrected chi connectivity index (χ4v) is 1.57. The number of rotatable bonds is 3. The Morgan fingerprint density at radius 3 is 2.89 bits per heavy atom. The maximum absolute atomic E-state index is 11.4. The lowest BCUT2D eigenvalue weighted by Gasteiger charge is -2.06. The lowest BCUT2D eigenvalue weighted by Crippen LogP contribution is -2.10. The molecule has 0 spiro atoms. The number of anilines is 1. The van der Waals surface area contributed by atoms with Gasteiger partial charge in [-0.1, -0.05) is 18.5 Å². The van der Waals surface area contributed by atoms with Crippen LogP contribution in [0.3, 0.4) is 0 Å². The van der Waals surface area contributed by atoms with Crippen molar-refractivity contribution in [1.82, 2.24) is 9.97 Å². The third-order valence-corrected chi connectivity index (χ3v) is 2.62. The second-order valence-corrected chi connectivity index (χ2v) is 4.08. The maximum atomic E-state index is 11.4. The summed E-state index contributed by atoms with van der Waals surface area (Å²) in [5.41, 5.74) is 5.81. The van der Waals surface area contributed by atoms with E-state index in [9.17, 15) is 4.79 Å². The van der Waals surface area contributed by atoms with Crippen LogP contribution in [0, 0.1) is 0 Å². The molecule has 0 unspecified atom stereocenters. The Hall–Kier alpha value is -2.01. The van der Waals surface area contributed by atoms with Crippen LogP contribution >= 0.6 is 11.6 Å². The van der Waals surface area contributed by atoms with Crippen molar-refractivity contribution in [2.75, 3.05) is 5.73 Å². The number of hydrogen-bond donors (Lipinski definition) is 2. The average molecular weight is 266 g/mol. The zero-order valence-corrected chi connectivity index (χ0v) is 10.5. The van der Waals surface area contributed by atoms with Crippen molar-refractivity contribution in [1.29, 1.82) is 0 Å². The van der Waals surface area contributed by atoms with Crippen molar-refractivity contribution < 1.29 is 4.74 Å². The molecule has 0 amide bonds. The van der Waals surface area contributed by atoms with Crippen LogP contribution in [0.5, 0.6) is 11.6 Å². The summed E-state index contributed by atoms with van der Waals surface area (Å²) in [6.07, 6.45) is 0.620. The number of halogens is 1. The van der Waals surface area contributed by atoms with Gasteiger partial charge in [0.1, 0.15) is 11.6 Å². The molecule has 1 aromatic carbocycles. The van der Waals surface area contributed by atoms with Crippen LogP contribution in [-0.4, -0.2) is 9.97 Å². The highest BCUT2D eigenvalue weighted by Gasteiger charge is 2.04. The normalized spacial score (nSPS) is 10.3. The molecule has 5 nitrogen and oxygen atoms in total. The number of nitrogens with two attached hydrogens (primary N) is 1. The minimum Gasteiger partial charge on any atom is -0.439 e. The molecule has 2 rings (SSSR count). The highest BCUT2D eigenvalue weighted by molar-refractivity contribution is 6.33. The van der Waals surface area contributed by atoms with Crippen LogP contribution in [0.4, 0.5) is 5.69 Å². The van der Waals surface area contributed by atoms with Crippen molar-refractivity contribution in [2.24, 2.45) is 0 Å². The second-order valence-electron chi connectivity index (χ2n) is 3.67. The molecule has 1 aromatic heterocycles. The van der Waals surface area contributed by atoms with Crippen LogP contribution in [0.2, 0.25) is 5.02 Å². The van der Waals surface area contributed by atoms with Crippen molar-refractivity contribution >= 4 is 17.3 Å². The van der Waals surface area contributed by atoms with Gasteiger partial charge in [-0.05, 0) is 12.1 Å². The summed E-state index contributed by atoms with van der Waals surface area (Å²) in [7, 11) is 0. The van der Waals surface area contributed by atoms with E-state index in [-0.39, 0.29) is 11.4 Å². The van der Waals surface area contributed by atoms with Gasteiger partial charge in [-0.15, -0.1) is 0 Å². The molecule has 0 saturated carbocycles. The Bertz CT molecular complexity index is 625. The molecule has 0 aliphatic rings. The minimum absolute atomic E-state index is 0.233. The summed E-state index contributed by atoms with van der Waals surface area (Å²) < 4.78 is 5.47. The van der Waals surface area contributed by atoms with E-state index >= 15 is 0 Å². The number of nitrogens with zero attached hydrogens (tertiary/aromatic N) is 1. The fraction of sp³-hybridized carbons (Fsp3) is 0.167. The van der Waals surface area contributed by atoms with Gasteiger partial charge < -0.3 is 15.5 Å². The van der Waals surface area contributed by atoms with Crippen LogP contribution in [0.15, 0.2) is 29.1 Å². The summed E-state index contributed by atoms with van der Waals surface area (Å²) in [6, 6.07) is 6.15. The summed E-state index contributed by atoms with van der Waals surface area (Å²) in [6.45, 7) is 1.89. The number of nitrogens with one attached hydrogen (secondary N) is 1. The number of nitrogen functional groups attached to an aromatic ring is 1. The van der Waals surface area contributed by atoms with Gasteiger partial charge in [0.05, 0.1) is 16.8 Å². The molecule has 0 aliphatic heterocycles. The molecule has 94 valence electrons. The summed E-state index contributed by atoms with van der Waals surface area (Å²) >= 11 is 5.88. The van der Waals surface area contributed by atoms with Gasteiger partial charge >= 0.3 is 0 Å². The first kappa shape index (κ1) is 12.4. The molecule has 1 heterocycles. The van der Waals surface area contributed by atoms with Gasteiger partial charge in [0.25, 0.3) is 5.56 Å². The summed E-state index contributed by atoms with van der Waals surface area (Å²) in [5.74, 6) is 1.28. The fourth-order valence-electron chi connectivity index (χ4n) is 1.40. The Kier molecular flexibility index (Phi) is 3.53. The molecular formula is C12H12ClN3O2. The number of H-pyrrole nitrogens is 1. The Morgan fingerprint density at radius 1 is 1.44 bits per heavy atom. The smallest absolute Gasteiger partial charge is 0.254 e. The zero-order valence-electron chi connectivity index (χ0n) is 9.74. The first-order valence-corrected chi connectivity index (χ1v) is 5.79. The molecule has 0 bridgehead atoms. The van der Waals surface area contributed by atoms with Crippen LogP contribution in [0.25, 0.3) is 0 Å². The van der Waals surface area contributed by atoms with E-state index in [1.54, 1.807) is 18.2 Å². The lowest BCUT2D eigenvalue weighted by atomic mass is 10.3. The SMILES string of the molecule is CCc1nc(Oc2ccc(N)c(Cl)c2)cc(=O)[nH]1. The third kappa shape index (κ3) is 2.81. The quantitative estimate of drug-likeness (QED) is 0.835. The van der Waals surface area contributed by atoms with Gasteiger partial charge in [-0.3, -0.25) is 4.79 Å². The van der Waals surface area contributed by atoms with E-state index in [4.69, 9.17) is 22.1 Å². The molecule has 0 radical (unpaired) electrons. The van der Waals surface area contributed by atoms with Gasteiger partial charge in [-0.25, -0.2) is 0 Å². The monoisotopic (exact) mass is 265 g/mol. The van der Waals surface area contributed by atoms with Crippen molar-refractivity contribution in [2.45, 2.75) is 13.3 Å². The first-order valence-electron chi connectivity index (χ1n) is 5.41. The zero-order chi connectivity index (χ0) is 13.1. The van der Waals surface area contributed by atoms with Crippen molar-refractivity contribution in [3.8, 4) is 11.6 Å². The lowest BCUT2D eigenvalue weighted by molar-refractivity contribution is 0.458. The molecule has 6 heteroatoms. The maximum Gasteiger partial charge on any atom is 0.254 e.